The second-order valence-corrected chi connectivity index (χ2v) is 4.15. The van der Waals surface area contributed by atoms with Crippen LogP contribution in [0.1, 0.15) is 29.3 Å². The first-order chi connectivity index (χ1) is 10.2. The lowest BCUT2D eigenvalue weighted by molar-refractivity contribution is 0.0524. The zero-order valence-corrected chi connectivity index (χ0v) is 11.4. The van der Waals surface area contributed by atoms with E-state index in [4.69, 9.17) is 10.00 Å². The van der Waals surface area contributed by atoms with Gasteiger partial charge in [0.05, 0.1) is 19.1 Å². The fourth-order valence-electron chi connectivity index (χ4n) is 1.84. The topological polar surface area (TPSA) is 82.9 Å². The number of nitriles is 1. The molecular formula is C16H12N2O3. The van der Waals surface area contributed by atoms with E-state index >= 15 is 0 Å². The Morgan fingerprint density at radius 3 is 2.95 bits per heavy atom. The van der Waals surface area contributed by atoms with Crippen LogP contribution in [0.3, 0.4) is 0 Å². The number of carbonyl (C=O) groups is 1. The van der Waals surface area contributed by atoms with Crippen molar-refractivity contribution in [3.63, 3.8) is 0 Å². The lowest BCUT2D eigenvalue weighted by atomic mass is 10.1. The fraction of sp³-hybridized carbons (Fsp3) is 0.188. The summed E-state index contributed by atoms with van der Waals surface area (Å²) < 4.78 is 4.84. The quantitative estimate of drug-likeness (QED) is 0.673. The standard InChI is InChI=1S/C16H12N2O3/c1-2-21-16(20)13-10-18-14-7-6-11(5-3-4-8-17)9-12(14)15(13)19/h6-7,9-10H,2,4H2,1H3,(H,18,19). The number of carbonyl (C=O) groups excluding carboxylic acids is 1. The van der Waals surface area contributed by atoms with E-state index in [9.17, 15) is 9.59 Å². The average molecular weight is 280 g/mol. The molecule has 5 heteroatoms. The van der Waals surface area contributed by atoms with Crippen molar-refractivity contribution in [3.05, 3.63) is 45.7 Å². The molecule has 0 aliphatic rings. The van der Waals surface area contributed by atoms with E-state index in [0.29, 0.717) is 16.5 Å². The van der Waals surface area contributed by atoms with Gasteiger partial charge in [0.15, 0.2) is 0 Å². The number of nitrogens with one attached hydrogen (secondary N) is 1. The predicted molar refractivity (Wildman–Crippen MR) is 77.6 cm³/mol. The summed E-state index contributed by atoms with van der Waals surface area (Å²) >= 11 is 0. The van der Waals surface area contributed by atoms with E-state index in [0.717, 1.165) is 0 Å². The summed E-state index contributed by atoms with van der Waals surface area (Å²) in [7, 11) is 0. The molecule has 1 heterocycles. The van der Waals surface area contributed by atoms with Crippen molar-refractivity contribution in [1.29, 1.82) is 5.26 Å². The molecule has 0 aliphatic heterocycles. The van der Waals surface area contributed by atoms with Crippen molar-refractivity contribution < 1.29 is 9.53 Å². The Labute approximate surface area is 121 Å². The van der Waals surface area contributed by atoms with Crippen LogP contribution in [-0.4, -0.2) is 17.6 Å². The third-order valence-electron chi connectivity index (χ3n) is 2.78. The highest BCUT2D eigenvalue weighted by Crippen LogP contribution is 2.11. The van der Waals surface area contributed by atoms with Crippen LogP contribution in [0.15, 0.2) is 29.2 Å². The number of aromatic amines is 1. The Morgan fingerprint density at radius 1 is 1.43 bits per heavy atom. The molecule has 2 rings (SSSR count). The first-order valence-electron chi connectivity index (χ1n) is 6.35. The normalized spacial score (nSPS) is 9.52. The number of rotatable bonds is 2. The van der Waals surface area contributed by atoms with Gasteiger partial charge in [-0.15, -0.1) is 0 Å². The highest BCUT2D eigenvalue weighted by Gasteiger charge is 2.13. The van der Waals surface area contributed by atoms with Gasteiger partial charge in [0.25, 0.3) is 0 Å². The number of hydrogen-bond donors (Lipinski definition) is 1. The van der Waals surface area contributed by atoms with Crippen molar-refractivity contribution >= 4 is 16.9 Å². The molecule has 1 aromatic heterocycles. The minimum absolute atomic E-state index is 0.0357. The fourth-order valence-corrected chi connectivity index (χ4v) is 1.84. The molecule has 5 nitrogen and oxygen atoms in total. The first kappa shape index (κ1) is 14.4. The molecule has 0 radical (unpaired) electrons. The lowest BCUT2D eigenvalue weighted by Crippen LogP contribution is -2.18. The summed E-state index contributed by atoms with van der Waals surface area (Å²) in [5.41, 5.74) is 0.792. The van der Waals surface area contributed by atoms with Gasteiger partial charge in [-0.05, 0) is 25.1 Å². The van der Waals surface area contributed by atoms with Crippen LogP contribution in [0, 0.1) is 23.2 Å². The molecular weight excluding hydrogens is 268 g/mol. The van der Waals surface area contributed by atoms with Crippen molar-refractivity contribution in [2.75, 3.05) is 6.61 Å². The van der Waals surface area contributed by atoms with E-state index in [2.05, 4.69) is 16.8 Å². The summed E-state index contributed by atoms with van der Waals surface area (Å²) in [4.78, 5) is 26.9. The number of pyridine rings is 1. The monoisotopic (exact) mass is 280 g/mol. The molecule has 0 spiro atoms. The zero-order valence-electron chi connectivity index (χ0n) is 11.4. The van der Waals surface area contributed by atoms with E-state index in [1.165, 1.54) is 6.20 Å². The number of hydrogen-bond acceptors (Lipinski definition) is 4. The van der Waals surface area contributed by atoms with Gasteiger partial charge < -0.3 is 9.72 Å². The van der Waals surface area contributed by atoms with Gasteiger partial charge in [0, 0.05) is 22.7 Å². The molecule has 0 aliphatic carbocycles. The largest absolute Gasteiger partial charge is 0.462 e. The molecule has 2 aromatic rings. The van der Waals surface area contributed by atoms with Crippen LogP contribution in [0.25, 0.3) is 10.9 Å². The van der Waals surface area contributed by atoms with Crippen LogP contribution < -0.4 is 5.43 Å². The average Bonchev–Trinajstić information content (AvgIpc) is 2.48. The molecule has 0 saturated carbocycles. The molecule has 0 atom stereocenters. The summed E-state index contributed by atoms with van der Waals surface area (Å²) in [5, 5.41) is 8.81. The molecule has 21 heavy (non-hydrogen) atoms. The highest BCUT2D eigenvalue weighted by atomic mass is 16.5. The summed E-state index contributed by atoms with van der Waals surface area (Å²) in [6.45, 7) is 1.88. The number of esters is 1. The smallest absolute Gasteiger partial charge is 0.343 e. The Balaban J connectivity index is 2.53. The number of fused-ring (bicyclic) bond motifs is 1. The Kier molecular flexibility index (Phi) is 4.38. The number of ether oxygens (including phenoxy) is 1. The lowest BCUT2D eigenvalue weighted by Gasteiger charge is -2.03. The molecule has 0 saturated heterocycles. The Morgan fingerprint density at radius 2 is 2.24 bits per heavy atom. The van der Waals surface area contributed by atoms with Gasteiger partial charge in [0.1, 0.15) is 5.56 Å². The van der Waals surface area contributed by atoms with Gasteiger partial charge in [-0.2, -0.15) is 5.26 Å². The van der Waals surface area contributed by atoms with Crippen molar-refractivity contribution in [2.24, 2.45) is 0 Å². The van der Waals surface area contributed by atoms with Crippen LogP contribution in [-0.2, 0) is 4.74 Å². The molecule has 1 N–H and O–H groups in total. The molecule has 0 amide bonds. The predicted octanol–water partition coefficient (Wildman–Crippen LogP) is 1.97. The van der Waals surface area contributed by atoms with Gasteiger partial charge in [-0.3, -0.25) is 4.79 Å². The number of benzene rings is 1. The van der Waals surface area contributed by atoms with Crippen molar-refractivity contribution in [1.82, 2.24) is 4.98 Å². The van der Waals surface area contributed by atoms with E-state index in [-0.39, 0.29) is 18.6 Å². The molecule has 0 unspecified atom stereocenters. The Bertz CT molecular complexity index is 848. The molecule has 104 valence electrons. The minimum atomic E-state index is -0.651. The van der Waals surface area contributed by atoms with Gasteiger partial charge in [0.2, 0.25) is 5.43 Å². The second-order valence-electron chi connectivity index (χ2n) is 4.15. The first-order valence-corrected chi connectivity index (χ1v) is 6.35. The van der Waals surface area contributed by atoms with Gasteiger partial charge in [-0.25, -0.2) is 4.79 Å². The van der Waals surface area contributed by atoms with Crippen LogP contribution in [0.2, 0.25) is 0 Å². The van der Waals surface area contributed by atoms with E-state index < -0.39 is 11.4 Å². The Hall–Kier alpha value is -3.05. The summed E-state index contributed by atoms with van der Waals surface area (Å²) in [6, 6.07) is 6.97. The van der Waals surface area contributed by atoms with Gasteiger partial charge in [-0.1, -0.05) is 11.8 Å². The SMILES string of the molecule is CCOC(=O)c1c[nH]c2ccc(C#CCC#N)cc2c1=O. The van der Waals surface area contributed by atoms with Crippen LogP contribution in [0.4, 0.5) is 0 Å². The number of aromatic nitrogens is 1. The third-order valence-corrected chi connectivity index (χ3v) is 2.78. The minimum Gasteiger partial charge on any atom is -0.462 e. The number of nitrogens with zero attached hydrogens (tertiary/aromatic N) is 1. The maximum absolute atomic E-state index is 12.3. The van der Waals surface area contributed by atoms with Gasteiger partial charge >= 0.3 is 5.97 Å². The van der Waals surface area contributed by atoms with Crippen molar-refractivity contribution in [2.45, 2.75) is 13.3 Å². The number of H-pyrrole nitrogens is 1. The molecule has 1 aromatic carbocycles. The van der Waals surface area contributed by atoms with E-state index in [1.54, 1.807) is 25.1 Å². The second kappa shape index (κ2) is 6.40. The van der Waals surface area contributed by atoms with Crippen LogP contribution >= 0.6 is 0 Å². The highest BCUT2D eigenvalue weighted by molar-refractivity contribution is 5.93. The van der Waals surface area contributed by atoms with E-state index in [1.807, 2.05) is 6.07 Å². The maximum atomic E-state index is 12.3. The summed E-state index contributed by atoms with van der Waals surface area (Å²) in [5.74, 6) is 4.82. The zero-order chi connectivity index (χ0) is 15.2. The maximum Gasteiger partial charge on any atom is 0.343 e. The molecule has 0 bridgehead atoms. The third kappa shape index (κ3) is 3.10. The van der Waals surface area contributed by atoms with Crippen molar-refractivity contribution in [3.8, 4) is 17.9 Å². The van der Waals surface area contributed by atoms with Crippen LogP contribution in [0.5, 0.6) is 0 Å². The summed E-state index contributed by atoms with van der Waals surface area (Å²) in [6.07, 6.45) is 1.47. The molecule has 0 fully saturated rings.